The molecule has 152 valence electrons. The maximum atomic E-state index is 13.0. The van der Waals surface area contributed by atoms with Gasteiger partial charge in [-0.15, -0.1) is 0 Å². The minimum absolute atomic E-state index is 0.142. The van der Waals surface area contributed by atoms with Crippen LogP contribution in [-0.4, -0.2) is 57.9 Å². The lowest BCUT2D eigenvalue weighted by Gasteiger charge is -2.25. The van der Waals surface area contributed by atoms with Crippen molar-refractivity contribution in [2.75, 3.05) is 33.7 Å². The van der Waals surface area contributed by atoms with Crippen molar-refractivity contribution in [2.24, 2.45) is 0 Å². The summed E-state index contributed by atoms with van der Waals surface area (Å²) < 4.78 is 26.6. The van der Waals surface area contributed by atoms with E-state index in [0.29, 0.717) is 36.8 Å². The highest BCUT2D eigenvalue weighted by molar-refractivity contribution is 7.89. The van der Waals surface area contributed by atoms with Crippen LogP contribution in [0.2, 0.25) is 5.02 Å². The molecule has 0 saturated heterocycles. The summed E-state index contributed by atoms with van der Waals surface area (Å²) >= 11 is 5.94. The highest BCUT2D eigenvalue weighted by Gasteiger charge is 2.18. The average Bonchev–Trinajstić information content (AvgIpc) is 2.66. The number of hydrogen-bond acceptors (Lipinski definition) is 4. The normalized spacial score (nSPS) is 11.6. The summed E-state index contributed by atoms with van der Waals surface area (Å²) in [7, 11) is 0.358. The number of hydrogen-bond donors (Lipinski definition) is 1. The molecule has 1 amide bonds. The predicted octanol–water partition coefficient (Wildman–Crippen LogP) is 2.84. The SMILES string of the molecule is CCNS(=O)(=O)c1ccc(C(=O)N(CCN(C)C)Cc2ccc(Cl)cc2)cc1. The zero-order chi connectivity index (χ0) is 20.7. The largest absolute Gasteiger partial charge is 0.333 e. The number of nitrogens with one attached hydrogen (secondary N) is 1. The van der Waals surface area contributed by atoms with Crippen LogP contribution in [0.4, 0.5) is 0 Å². The molecule has 6 nitrogen and oxygen atoms in total. The summed E-state index contributed by atoms with van der Waals surface area (Å²) in [6.45, 7) is 3.73. The van der Waals surface area contributed by atoms with E-state index in [1.54, 1.807) is 36.1 Å². The quantitative estimate of drug-likeness (QED) is 0.673. The summed E-state index contributed by atoms with van der Waals surface area (Å²) in [5.74, 6) is -0.149. The highest BCUT2D eigenvalue weighted by atomic mass is 35.5. The molecule has 0 atom stereocenters. The van der Waals surface area contributed by atoms with Crippen molar-refractivity contribution in [1.82, 2.24) is 14.5 Å². The predicted molar refractivity (Wildman–Crippen MR) is 112 cm³/mol. The fraction of sp³-hybridized carbons (Fsp3) is 0.350. The van der Waals surface area contributed by atoms with Crippen LogP contribution in [0.3, 0.4) is 0 Å². The van der Waals surface area contributed by atoms with Crippen molar-refractivity contribution in [1.29, 1.82) is 0 Å². The second kappa shape index (κ2) is 10.0. The van der Waals surface area contributed by atoms with E-state index in [2.05, 4.69) is 4.72 Å². The maximum Gasteiger partial charge on any atom is 0.254 e. The Bertz CT molecular complexity index is 882. The molecule has 0 aliphatic carbocycles. The molecule has 2 aromatic rings. The van der Waals surface area contributed by atoms with Crippen molar-refractivity contribution in [3.63, 3.8) is 0 Å². The van der Waals surface area contributed by atoms with Gasteiger partial charge in [-0.1, -0.05) is 30.7 Å². The molecule has 0 bridgehead atoms. The molecule has 1 N–H and O–H groups in total. The number of halogens is 1. The van der Waals surface area contributed by atoms with Crippen LogP contribution in [0, 0.1) is 0 Å². The minimum atomic E-state index is -3.54. The Morgan fingerprint density at radius 3 is 2.14 bits per heavy atom. The van der Waals surface area contributed by atoms with Gasteiger partial charge in [0.15, 0.2) is 0 Å². The Morgan fingerprint density at radius 2 is 1.61 bits per heavy atom. The van der Waals surface area contributed by atoms with Gasteiger partial charge in [-0.25, -0.2) is 13.1 Å². The fourth-order valence-electron chi connectivity index (χ4n) is 2.62. The van der Waals surface area contributed by atoms with Gasteiger partial charge >= 0.3 is 0 Å². The fourth-order valence-corrected chi connectivity index (χ4v) is 3.78. The molecule has 8 heteroatoms. The standard InChI is InChI=1S/C20H26ClN3O3S/c1-4-22-28(26,27)19-11-7-17(8-12-19)20(25)24(14-13-23(2)3)15-16-5-9-18(21)10-6-16/h5-12,22H,4,13-15H2,1-3H3. The third-order valence-electron chi connectivity index (χ3n) is 4.14. The number of benzene rings is 2. The number of amides is 1. The van der Waals surface area contributed by atoms with Gasteiger partial charge < -0.3 is 9.80 Å². The van der Waals surface area contributed by atoms with E-state index in [1.165, 1.54) is 12.1 Å². The molecule has 2 aromatic carbocycles. The zero-order valence-corrected chi connectivity index (χ0v) is 17.9. The lowest BCUT2D eigenvalue weighted by Crippen LogP contribution is -2.36. The van der Waals surface area contributed by atoms with Crippen LogP contribution in [0.1, 0.15) is 22.8 Å². The highest BCUT2D eigenvalue weighted by Crippen LogP contribution is 2.16. The molecule has 0 aliphatic rings. The van der Waals surface area contributed by atoms with E-state index in [-0.39, 0.29) is 10.8 Å². The molecule has 28 heavy (non-hydrogen) atoms. The van der Waals surface area contributed by atoms with Crippen molar-refractivity contribution in [2.45, 2.75) is 18.4 Å². The van der Waals surface area contributed by atoms with Gasteiger partial charge in [-0.2, -0.15) is 0 Å². The second-order valence-corrected chi connectivity index (χ2v) is 8.89. The first-order valence-corrected chi connectivity index (χ1v) is 10.9. The van der Waals surface area contributed by atoms with Gasteiger partial charge in [0.25, 0.3) is 5.91 Å². The van der Waals surface area contributed by atoms with Crippen molar-refractivity contribution >= 4 is 27.5 Å². The Hall–Kier alpha value is -1.93. The molecule has 0 fully saturated rings. The van der Waals surface area contributed by atoms with Crippen LogP contribution < -0.4 is 4.72 Å². The summed E-state index contributed by atoms with van der Waals surface area (Å²) in [6.07, 6.45) is 0. The third kappa shape index (κ3) is 6.31. The molecule has 0 aromatic heterocycles. The van der Waals surface area contributed by atoms with Crippen molar-refractivity contribution in [3.05, 3.63) is 64.7 Å². The topological polar surface area (TPSA) is 69.7 Å². The minimum Gasteiger partial charge on any atom is -0.333 e. The number of carbonyl (C=O) groups is 1. The van der Waals surface area contributed by atoms with Gasteiger partial charge in [0, 0.05) is 36.8 Å². The summed E-state index contributed by atoms with van der Waals surface area (Å²) in [5.41, 5.74) is 1.42. The van der Waals surface area contributed by atoms with E-state index >= 15 is 0 Å². The Morgan fingerprint density at radius 1 is 1.00 bits per heavy atom. The molecule has 2 rings (SSSR count). The van der Waals surface area contributed by atoms with Gasteiger partial charge in [-0.3, -0.25) is 4.79 Å². The number of likely N-dealkylation sites (N-methyl/N-ethyl adjacent to an activating group) is 1. The molecule has 0 radical (unpaired) electrons. The van der Waals surface area contributed by atoms with E-state index in [9.17, 15) is 13.2 Å². The van der Waals surface area contributed by atoms with Gasteiger partial charge in [-0.05, 0) is 56.1 Å². The lowest BCUT2D eigenvalue weighted by molar-refractivity contribution is 0.0732. The van der Waals surface area contributed by atoms with Crippen LogP contribution in [-0.2, 0) is 16.6 Å². The smallest absolute Gasteiger partial charge is 0.254 e. The van der Waals surface area contributed by atoms with Crippen LogP contribution in [0.15, 0.2) is 53.4 Å². The molecule has 0 aliphatic heterocycles. The first-order valence-electron chi connectivity index (χ1n) is 9.01. The first kappa shape index (κ1) is 22.4. The lowest BCUT2D eigenvalue weighted by atomic mass is 10.1. The summed E-state index contributed by atoms with van der Waals surface area (Å²) in [6, 6.07) is 13.4. The Labute approximate surface area is 172 Å². The van der Waals surface area contributed by atoms with E-state index in [4.69, 9.17) is 11.6 Å². The summed E-state index contributed by atoms with van der Waals surface area (Å²) in [5, 5.41) is 0.646. The average molecular weight is 424 g/mol. The number of nitrogens with zero attached hydrogens (tertiary/aromatic N) is 2. The molecule has 0 spiro atoms. The Balaban J connectivity index is 2.21. The molecule has 0 unspecified atom stereocenters. The van der Waals surface area contributed by atoms with Gasteiger partial charge in [0.05, 0.1) is 4.90 Å². The van der Waals surface area contributed by atoms with Crippen LogP contribution in [0.25, 0.3) is 0 Å². The van der Waals surface area contributed by atoms with Gasteiger partial charge in [0.1, 0.15) is 0 Å². The first-order chi connectivity index (χ1) is 13.2. The van der Waals surface area contributed by atoms with Gasteiger partial charge in [0.2, 0.25) is 10.0 Å². The van der Waals surface area contributed by atoms with E-state index in [1.807, 2.05) is 31.1 Å². The number of carbonyl (C=O) groups excluding carboxylic acids is 1. The molecular weight excluding hydrogens is 398 g/mol. The third-order valence-corrected chi connectivity index (χ3v) is 5.95. The number of sulfonamides is 1. The second-order valence-electron chi connectivity index (χ2n) is 6.68. The molecule has 0 heterocycles. The van der Waals surface area contributed by atoms with Crippen LogP contribution in [0.5, 0.6) is 0 Å². The van der Waals surface area contributed by atoms with Crippen molar-refractivity contribution < 1.29 is 13.2 Å². The summed E-state index contributed by atoms with van der Waals surface area (Å²) in [4.78, 5) is 16.9. The molecule has 0 saturated carbocycles. The molecular formula is C20H26ClN3O3S. The van der Waals surface area contributed by atoms with E-state index in [0.717, 1.165) is 5.56 Å². The maximum absolute atomic E-state index is 13.0. The monoisotopic (exact) mass is 423 g/mol. The van der Waals surface area contributed by atoms with Crippen LogP contribution >= 0.6 is 11.6 Å². The van der Waals surface area contributed by atoms with Crippen molar-refractivity contribution in [3.8, 4) is 0 Å². The zero-order valence-electron chi connectivity index (χ0n) is 16.4. The van der Waals surface area contributed by atoms with E-state index < -0.39 is 10.0 Å². The Kier molecular flexibility index (Phi) is 8.00. The number of rotatable bonds is 9.